The number of piperidine rings is 1. The molecule has 2 aromatic rings. The van der Waals surface area contributed by atoms with Crippen molar-refractivity contribution in [2.24, 2.45) is 0 Å². The Labute approximate surface area is 148 Å². The van der Waals surface area contributed by atoms with E-state index in [1.165, 1.54) is 6.42 Å². The molecular weight excluding hydrogens is 316 g/mol. The van der Waals surface area contributed by atoms with Crippen molar-refractivity contribution < 1.29 is 0 Å². The maximum Gasteiger partial charge on any atom is 0.267 e. The van der Waals surface area contributed by atoms with Gasteiger partial charge in [-0.2, -0.15) is 10.2 Å². The summed E-state index contributed by atoms with van der Waals surface area (Å²) in [6.07, 6.45) is 3.43. The van der Waals surface area contributed by atoms with Crippen molar-refractivity contribution in [3.63, 3.8) is 0 Å². The van der Waals surface area contributed by atoms with E-state index in [-0.39, 0.29) is 11.6 Å². The van der Waals surface area contributed by atoms with Crippen LogP contribution in [0.15, 0.2) is 29.1 Å². The molecule has 1 fully saturated rings. The van der Waals surface area contributed by atoms with Crippen molar-refractivity contribution in [3.8, 4) is 0 Å². The minimum Gasteiger partial charge on any atom is -0.367 e. The van der Waals surface area contributed by atoms with E-state index in [9.17, 15) is 4.79 Å². The summed E-state index contributed by atoms with van der Waals surface area (Å²) in [5.74, 6) is 1.66. The van der Waals surface area contributed by atoms with Crippen LogP contribution in [0.5, 0.6) is 0 Å². The summed E-state index contributed by atoms with van der Waals surface area (Å²) < 4.78 is 1.56. The number of aryl methyl sites for hydroxylation is 1. The molecule has 0 radical (unpaired) electrons. The van der Waals surface area contributed by atoms with Crippen LogP contribution >= 0.6 is 0 Å². The van der Waals surface area contributed by atoms with Crippen LogP contribution in [-0.4, -0.2) is 39.1 Å². The van der Waals surface area contributed by atoms with Crippen molar-refractivity contribution in [1.29, 1.82) is 0 Å². The van der Waals surface area contributed by atoms with Crippen molar-refractivity contribution >= 4 is 11.6 Å². The van der Waals surface area contributed by atoms with Crippen LogP contribution in [0.1, 0.15) is 44.8 Å². The van der Waals surface area contributed by atoms with Crippen molar-refractivity contribution in [1.82, 2.24) is 20.0 Å². The highest BCUT2D eigenvalue weighted by Gasteiger charge is 2.24. The first-order valence-corrected chi connectivity index (χ1v) is 8.95. The predicted octanol–water partition coefficient (Wildman–Crippen LogP) is 2.39. The van der Waals surface area contributed by atoms with E-state index in [1.807, 2.05) is 39.0 Å². The molecule has 0 aromatic carbocycles. The van der Waals surface area contributed by atoms with Gasteiger partial charge in [-0.3, -0.25) is 4.79 Å². The Morgan fingerprint density at radius 2 is 2.04 bits per heavy atom. The lowest BCUT2D eigenvalue weighted by atomic mass is 10.0. The van der Waals surface area contributed by atoms with Crippen LogP contribution in [-0.2, 0) is 0 Å². The summed E-state index contributed by atoms with van der Waals surface area (Å²) in [5, 5.41) is 16.2. The molecule has 2 aromatic heterocycles. The number of hydrogen-bond donors (Lipinski definition) is 1. The van der Waals surface area contributed by atoms with Crippen molar-refractivity contribution in [2.45, 2.75) is 52.1 Å². The number of aromatic nitrogens is 4. The minimum atomic E-state index is -0.0552. The summed E-state index contributed by atoms with van der Waals surface area (Å²) >= 11 is 0. The molecule has 1 saturated heterocycles. The van der Waals surface area contributed by atoms with Crippen LogP contribution in [0, 0.1) is 6.92 Å². The van der Waals surface area contributed by atoms with Gasteiger partial charge >= 0.3 is 0 Å². The molecule has 1 unspecified atom stereocenters. The van der Waals surface area contributed by atoms with Gasteiger partial charge in [-0.1, -0.05) is 0 Å². The molecule has 25 heavy (non-hydrogen) atoms. The summed E-state index contributed by atoms with van der Waals surface area (Å²) in [6, 6.07) is 7.73. The van der Waals surface area contributed by atoms with Crippen LogP contribution in [0.4, 0.5) is 11.6 Å². The van der Waals surface area contributed by atoms with Gasteiger partial charge in [-0.05, 0) is 58.2 Å². The number of nitrogens with one attached hydrogen (secondary N) is 1. The van der Waals surface area contributed by atoms with Gasteiger partial charge in [0.2, 0.25) is 0 Å². The third-order valence-electron chi connectivity index (χ3n) is 4.54. The minimum absolute atomic E-state index is 0.0525. The molecule has 1 aliphatic heterocycles. The third-order valence-corrected chi connectivity index (χ3v) is 4.54. The van der Waals surface area contributed by atoms with Crippen LogP contribution in [0.25, 0.3) is 0 Å². The zero-order valence-electron chi connectivity index (χ0n) is 15.1. The lowest BCUT2D eigenvalue weighted by Gasteiger charge is -2.37. The lowest BCUT2D eigenvalue weighted by Crippen LogP contribution is -2.45. The van der Waals surface area contributed by atoms with Gasteiger partial charge in [0.25, 0.3) is 5.56 Å². The van der Waals surface area contributed by atoms with Crippen LogP contribution in [0.3, 0.4) is 0 Å². The van der Waals surface area contributed by atoms with Crippen LogP contribution < -0.4 is 15.8 Å². The normalized spacial score (nSPS) is 17.8. The first-order valence-electron chi connectivity index (χ1n) is 8.95. The van der Waals surface area contributed by atoms with E-state index in [2.05, 4.69) is 25.5 Å². The van der Waals surface area contributed by atoms with E-state index in [1.54, 1.807) is 10.7 Å². The fourth-order valence-electron chi connectivity index (χ4n) is 3.17. The molecule has 7 heteroatoms. The topological polar surface area (TPSA) is 75.9 Å². The van der Waals surface area contributed by atoms with Gasteiger partial charge in [0.15, 0.2) is 0 Å². The fourth-order valence-corrected chi connectivity index (χ4v) is 3.17. The Kier molecular flexibility index (Phi) is 5.31. The molecule has 0 bridgehead atoms. The number of anilines is 2. The fraction of sp³-hybridized carbons (Fsp3) is 0.556. The first kappa shape index (κ1) is 17.4. The Morgan fingerprint density at radius 1 is 1.20 bits per heavy atom. The van der Waals surface area contributed by atoms with Gasteiger partial charge in [0.1, 0.15) is 11.6 Å². The Morgan fingerprint density at radius 3 is 2.76 bits per heavy atom. The Hall–Kier alpha value is -2.44. The predicted molar refractivity (Wildman–Crippen MR) is 99.1 cm³/mol. The zero-order valence-corrected chi connectivity index (χ0v) is 15.1. The molecule has 3 rings (SSSR count). The molecule has 0 amide bonds. The molecule has 1 atom stereocenters. The second-order valence-electron chi connectivity index (χ2n) is 6.85. The van der Waals surface area contributed by atoms with Crippen molar-refractivity contribution in [3.05, 3.63) is 40.3 Å². The van der Waals surface area contributed by atoms with Gasteiger partial charge in [-0.15, -0.1) is 5.10 Å². The Bertz CT molecular complexity index is 755. The number of hydrogen-bond acceptors (Lipinski definition) is 6. The lowest BCUT2D eigenvalue weighted by molar-refractivity contribution is 0.451. The molecule has 7 nitrogen and oxygen atoms in total. The van der Waals surface area contributed by atoms with E-state index in [0.717, 1.165) is 43.3 Å². The quantitative estimate of drug-likeness (QED) is 0.899. The molecule has 3 heterocycles. The molecule has 0 spiro atoms. The monoisotopic (exact) mass is 342 g/mol. The molecule has 134 valence electrons. The average molecular weight is 342 g/mol. The van der Waals surface area contributed by atoms with Gasteiger partial charge in [0, 0.05) is 25.2 Å². The summed E-state index contributed by atoms with van der Waals surface area (Å²) in [5.41, 5.74) is 0.852. The highest BCUT2D eigenvalue weighted by atomic mass is 16.1. The standard InChI is InChI=1S/C18H26N6O/c1-13(2)24-18(25)10-9-17(22-24)23-11-5-4-6-15(23)12-19-16-8-7-14(3)20-21-16/h7-10,13,15H,4-6,11-12H2,1-3H3,(H,19,21). The van der Waals surface area contributed by atoms with Gasteiger partial charge < -0.3 is 10.2 Å². The molecular formula is C18H26N6O. The van der Waals surface area contributed by atoms with E-state index in [4.69, 9.17) is 0 Å². The molecule has 0 aliphatic carbocycles. The summed E-state index contributed by atoms with van der Waals surface area (Å²) in [6.45, 7) is 7.61. The van der Waals surface area contributed by atoms with E-state index < -0.39 is 0 Å². The largest absolute Gasteiger partial charge is 0.367 e. The second kappa shape index (κ2) is 7.63. The van der Waals surface area contributed by atoms with E-state index >= 15 is 0 Å². The number of nitrogens with zero attached hydrogens (tertiary/aromatic N) is 5. The molecule has 0 saturated carbocycles. The Balaban J connectivity index is 1.75. The van der Waals surface area contributed by atoms with E-state index in [0.29, 0.717) is 6.04 Å². The maximum atomic E-state index is 12.0. The SMILES string of the molecule is Cc1ccc(NCC2CCCCN2c2ccc(=O)n(C(C)C)n2)nn1. The maximum absolute atomic E-state index is 12.0. The highest BCUT2D eigenvalue weighted by Crippen LogP contribution is 2.23. The van der Waals surface area contributed by atoms with Gasteiger partial charge in [0.05, 0.1) is 11.7 Å². The van der Waals surface area contributed by atoms with Gasteiger partial charge in [-0.25, -0.2) is 4.68 Å². The van der Waals surface area contributed by atoms with Crippen molar-refractivity contribution in [2.75, 3.05) is 23.3 Å². The molecule has 1 aliphatic rings. The molecule has 1 N–H and O–H groups in total. The highest BCUT2D eigenvalue weighted by molar-refractivity contribution is 5.41. The number of rotatable bonds is 5. The smallest absolute Gasteiger partial charge is 0.267 e. The van der Waals surface area contributed by atoms with Crippen LogP contribution in [0.2, 0.25) is 0 Å². The average Bonchev–Trinajstić information content (AvgIpc) is 2.62. The third kappa shape index (κ3) is 4.15. The first-order chi connectivity index (χ1) is 12.0. The zero-order chi connectivity index (χ0) is 17.8. The summed E-state index contributed by atoms with van der Waals surface area (Å²) in [7, 11) is 0. The summed E-state index contributed by atoms with van der Waals surface area (Å²) in [4.78, 5) is 14.3. The second-order valence-corrected chi connectivity index (χ2v) is 6.85.